The highest BCUT2D eigenvalue weighted by atomic mass is 15.0. The maximum atomic E-state index is 4.59. The number of hydrogen-bond donors (Lipinski definition) is 2. The molecule has 0 bridgehead atoms. The fraction of sp³-hybridized carbons (Fsp3) is 0.812. The van der Waals surface area contributed by atoms with Crippen LogP contribution in [-0.4, -0.2) is 16.5 Å². The Morgan fingerprint density at radius 2 is 2.05 bits per heavy atom. The van der Waals surface area contributed by atoms with E-state index in [1.54, 1.807) is 0 Å². The van der Waals surface area contributed by atoms with Gasteiger partial charge in [-0.1, -0.05) is 20.8 Å². The first-order chi connectivity index (χ1) is 9.20. The summed E-state index contributed by atoms with van der Waals surface area (Å²) in [5.41, 5.74) is 1.23. The van der Waals surface area contributed by atoms with Crippen LogP contribution >= 0.6 is 0 Å². The lowest BCUT2D eigenvalue weighted by Gasteiger charge is -2.29. The molecule has 1 saturated carbocycles. The normalized spacial score (nSPS) is 24.0. The van der Waals surface area contributed by atoms with Crippen molar-refractivity contribution >= 4 is 0 Å². The van der Waals surface area contributed by atoms with Crippen LogP contribution in [-0.2, 0) is 6.54 Å². The lowest BCUT2D eigenvalue weighted by atomic mass is 9.77. The smallest absolute Gasteiger partial charge is 0.109 e. The number of nitrogens with zero attached hydrogens (tertiary/aromatic N) is 1. The Morgan fingerprint density at radius 1 is 1.32 bits per heavy atom. The van der Waals surface area contributed by atoms with E-state index in [0.717, 1.165) is 24.9 Å². The van der Waals surface area contributed by atoms with Crippen LogP contribution in [0.15, 0.2) is 6.20 Å². The summed E-state index contributed by atoms with van der Waals surface area (Å²) >= 11 is 0. The minimum atomic E-state index is 0.662. The summed E-state index contributed by atoms with van der Waals surface area (Å²) in [6.07, 6.45) is 8.53. The molecule has 0 atom stereocenters. The highest BCUT2D eigenvalue weighted by Gasteiger charge is 2.25. The van der Waals surface area contributed by atoms with Crippen molar-refractivity contribution in [3.8, 4) is 0 Å². The lowest BCUT2D eigenvalue weighted by molar-refractivity contribution is 0.255. The standard InChI is InChI=1S/C16H29N3/c1-4-9-17-10-15-11-18-16(19-15)14-7-5-13(6-8-14)12(2)3/h11-14,17H,4-10H2,1-3H3,(H,18,19). The van der Waals surface area contributed by atoms with Gasteiger partial charge in [0.25, 0.3) is 0 Å². The second kappa shape index (κ2) is 7.09. The third-order valence-electron chi connectivity index (χ3n) is 4.49. The molecule has 0 radical (unpaired) electrons. The van der Waals surface area contributed by atoms with E-state index in [2.05, 4.69) is 36.1 Å². The first-order valence-electron chi connectivity index (χ1n) is 7.95. The van der Waals surface area contributed by atoms with Crippen molar-refractivity contribution in [1.82, 2.24) is 15.3 Å². The summed E-state index contributed by atoms with van der Waals surface area (Å²) in [5, 5.41) is 3.42. The first-order valence-corrected chi connectivity index (χ1v) is 7.95. The molecule has 1 heterocycles. The molecule has 1 aliphatic rings. The molecule has 0 aliphatic heterocycles. The van der Waals surface area contributed by atoms with Crippen molar-refractivity contribution < 1.29 is 0 Å². The molecule has 0 saturated heterocycles. The van der Waals surface area contributed by atoms with Crippen molar-refractivity contribution in [1.29, 1.82) is 0 Å². The summed E-state index contributed by atoms with van der Waals surface area (Å²) < 4.78 is 0. The fourth-order valence-electron chi connectivity index (χ4n) is 3.13. The summed E-state index contributed by atoms with van der Waals surface area (Å²) in [6.45, 7) is 8.90. The zero-order chi connectivity index (χ0) is 13.7. The van der Waals surface area contributed by atoms with Crippen molar-refractivity contribution in [2.75, 3.05) is 6.54 Å². The van der Waals surface area contributed by atoms with E-state index in [1.165, 1.54) is 43.6 Å². The van der Waals surface area contributed by atoms with Gasteiger partial charge in [-0.15, -0.1) is 0 Å². The third-order valence-corrected chi connectivity index (χ3v) is 4.49. The van der Waals surface area contributed by atoms with Crippen LogP contribution in [0.4, 0.5) is 0 Å². The molecular formula is C16H29N3. The maximum absolute atomic E-state index is 4.59. The number of rotatable bonds is 6. The van der Waals surface area contributed by atoms with Gasteiger partial charge < -0.3 is 10.3 Å². The second-order valence-electron chi connectivity index (χ2n) is 6.33. The summed E-state index contributed by atoms with van der Waals surface area (Å²) in [4.78, 5) is 8.11. The van der Waals surface area contributed by atoms with Crippen molar-refractivity contribution in [2.24, 2.45) is 11.8 Å². The highest BCUT2D eigenvalue weighted by Crippen LogP contribution is 2.37. The topological polar surface area (TPSA) is 40.7 Å². The van der Waals surface area contributed by atoms with Gasteiger partial charge in [-0.05, 0) is 50.5 Å². The predicted octanol–water partition coefficient (Wildman–Crippen LogP) is 3.84. The van der Waals surface area contributed by atoms with E-state index in [9.17, 15) is 0 Å². The van der Waals surface area contributed by atoms with Crippen molar-refractivity contribution in [3.63, 3.8) is 0 Å². The molecular weight excluding hydrogens is 234 g/mol. The van der Waals surface area contributed by atoms with Gasteiger partial charge in [0.05, 0.1) is 0 Å². The van der Waals surface area contributed by atoms with E-state index in [-0.39, 0.29) is 0 Å². The van der Waals surface area contributed by atoms with Crippen LogP contribution in [0.1, 0.15) is 70.3 Å². The van der Waals surface area contributed by atoms with E-state index in [0.29, 0.717) is 5.92 Å². The van der Waals surface area contributed by atoms with Gasteiger partial charge in [0.2, 0.25) is 0 Å². The number of aromatic nitrogens is 2. The Kier molecular flexibility index (Phi) is 5.44. The second-order valence-corrected chi connectivity index (χ2v) is 6.33. The SMILES string of the molecule is CCCNCc1cnc(C2CCC(C(C)C)CC2)[nH]1. The molecule has 19 heavy (non-hydrogen) atoms. The van der Waals surface area contributed by atoms with Crippen LogP contribution in [0.2, 0.25) is 0 Å². The van der Waals surface area contributed by atoms with Crippen LogP contribution in [0.3, 0.4) is 0 Å². The lowest BCUT2D eigenvalue weighted by Crippen LogP contribution is -2.18. The van der Waals surface area contributed by atoms with Gasteiger partial charge in [-0.3, -0.25) is 0 Å². The molecule has 1 aliphatic carbocycles. The number of H-pyrrole nitrogens is 1. The van der Waals surface area contributed by atoms with E-state index < -0.39 is 0 Å². The minimum Gasteiger partial charge on any atom is -0.345 e. The Bertz CT molecular complexity index is 362. The minimum absolute atomic E-state index is 0.662. The Hall–Kier alpha value is -0.830. The van der Waals surface area contributed by atoms with Crippen LogP contribution < -0.4 is 5.32 Å². The number of nitrogens with one attached hydrogen (secondary N) is 2. The van der Waals surface area contributed by atoms with Crippen molar-refractivity contribution in [2.45, 2.75) is 65.3 Å². The highest BCUT2D eigenvalue weighted by molar-refractivity contribution is 5.06. The van der Waals surface area contributed by atoms with Crippen LogP contribution in [0.25, 0.3) is 0 Å². The monoisotopic (exact) mass is 263 g/mol. The largest absolute Gasteiger partial charge is 0.345 e. The first kappa shape index (κ1) is 14.6. The van der Waals surface area contributed by atoms with Gasteiger partial charge in [-0.25, -0.2) is 4.98 Å². The number of hydrogen-bond acceptors (Lipinski definition) is 2. The molecule has 0 spiro atoms. The summed E-state index contributed by atoms with van der Waals surface area (Å²) in [7, 11) is 0. The third kappa shape index (κ3) is 4.07. The van der Waals surface area contributed by atoms with Crippen LogP contribution in [0.5, 0.6) is 0 Å². The van der Waals surface area contributed by atoms with Crippen molar-refractivity contribution in [3.05, 3.63) is 17.7 Å². The molecule has 3 heteroatoms. The Balaban J connectivity index is 1.82. The van der Waals surface area contributed by atoms with Gasteiger partial charge in [0.15, 0.2) is 0 Å². The molecule has 0 amide bonds. The van der Waals surface area contributed by atoms with Gasteiger partial charge in [0, 0.05) is 24.4 Å². The molecule has 2 rings (SSSR count). The summed E-state index contributed by atoms with van der Waals surface area (Å²) in [6, 6.07) is 0. The van der Waals surface area contributed by atoms with Gasteiger partial charge >= 0.3 is 0 Å². The molecule has 2 N–H and O–H groups in total. The summed E-state index contributed by atoms with van der Waals surface area (Å²) in [5.74, 6) is 3.65. The average Bonchev–Trinajstić information content (AvgIpc) is 2.88. The molecule has 1 aromatic rings. The zero-order valence-corrected chi connectivity index (χ0v) is 12.7. The molecule has 1 fully saturated rings. The van der Waals surface area contributed by atoms with E-state index in [1.807, 2.05) is 6.20 Å². The maximum Gasteiger partial charge on any atom is 0.109 e. The Morgan fingerprint density at radius 3 is 2.68 bits per heavy atom. The number of imidazole rings is 1. The number of aromatic amines is 1. The van der Waals surface area contributed by atoms with E-state index >= 15 is 0 Å². The van der Waals surface area contributed by atoms with Gasteiger partial charge in [-0.2, -0.15) is 0 Å². The van der Waals surface area contributed by atoms with Gasteiger partial charge in [0.1, 0.15) is 5.82 Å². The molecule has 1 aromatic heterocycles. The predicted molar refractivity (Wildman–Crippen MR) is 80.1 cm³/mol. The zero-order valence-electron chi connectivity index (χ0n) is 12.7. The van der Waals surface area contributed by atoms with E-state index in [4.69, 9.17) is 0 Å². The Labute approximate surface area is 117 Å². The van der Waals surface area contributed by atoms with Crippen LogP contribution in [0, 0.1) is 11.8 Å². The molecule has 108 valence electrons. The molecule has 0 aromatic carbocycles. The fourth-order valence-corrected chi connectivity index (χ4v) is 3.13. The quantitative estimate of drug-likeness (QED) is 0.766. The molecule has 0 unspecified atom stereocenters. The average molecular weight is 263 g/mol. The molecule has 3 nitrogen and oxygen atoms in total.